The Morgan fingerprint density at radius 1 is 1.00 bits per heavy atom. The van der Waals surface area contributed by atoms with Crippen LogP contribution in [-0.4, -0.2) is 6.61 Å². The van der Waals surface area contributed by atoms with Crippen LogP contribution >= 0.6 is 0 Å². The fraction of sp³-hybridized carbons (Fsp3) is 0.750. The zero-order chi connectivity index (χ0) is 6.10. The lowest BCUT2D eigenvalue weighted by atomic mass is 9.95. The van der Waals surface area contributed by atoms with Crippen molar-refractivity contribution in [1.29, 1.82) is 0 Å². The summed E-state index contributed by atoms with van der Waals surface area (Å²) in [7, 11) is 0. The average Bonchev–Trinajstić information content (AvgIpc) is 2.71. The molecule has 1 saturated heterocycles. The Kier molecular flexibility index (Phi) is 1.22. The van der Waals surface area contributed by atoms with E-state index in [9.17, 15) is 0 Å². The Morgan fingerprint density at radius 3 is 2.22 bits per heavy atom. The van der Waals surface area contributed by atoms with Gasteiger partial charge in [-0.15, -0.1) is 0 Å². The van der Waals surface area contributed by atoms with E-state index in [4.69, 9.17) is 4.74 Å². The lowest BCUT2D eigenvalue weighted by Crippen LogP contribution is -1.93. The number of epoxide rings is 1. The monoisotopic (exact) mass is 124 g/mol. The van der Waals surface area contributed by atoms with E-state index >= 15 is 0 Å². The predicted octanol–water partition coefficient (Wildman–Crippen LogP) is 2.23. The van der Waals surface area contributed by atoms with E-state index in [2.05, 4.69) is 0 Å². The summed E-state index contributed by atoms with van der Waals surface area (Å²) in [6.07, 6.45) is 6.84. The Labute approximate surface area is 55.7 Å². The van der Waals surface area contributed by atoms with Crippen molar-refractivity contribution in [2.75, 3.05) is 6.61 Å². The van der Waals surface area contributed by atoms with Gasteiger partial charge in [0.15, 0.2) is 0 Å². The quantitative estimate of drug-likeness (QED) is 0.451. The normalized spacial score (nSPS) is 25.8. The van der Waals surface area contributed by atoms with Crippen LogP contribution in [0.1, 0.15) is 32.1 Å². The number of hydrogen-bond acceptors (Lipinski definition) is 1. The van der Waals surface area contributed by atoms with Crippen LogP contribution in [0.2, 0.25) is 0 Å². The lowest BCUT2D eigenvalue weighted by Gasteiger charge is -2.10. The van der Waals surface area contributed by atoms with E-state index in [0.29, 0.717) is 0 Å². The van der Waals surface area contributed by atoms with Gasteiger partial charge in [-0.3, -0.25) is 0 Å². The fourth-order valence-corrected chi connectivity index (χ4v) is 1.50. The first-order valence-corrected chi connectivity index (χ1v) is 3.80. The summed E-state index contributed by atoms with van der Waals surface area (Å²) in [6, 6.07) is 0. The molecule has 50 valence electrons. The van der Waals surface area contributed by atoms with Crippen molar-refractivity contribution >= 4 is 0 Å². The van der Waals surface area contributed by atoms with Gasteiger partial charge in [0.25, 0.3) is 0 Å². The molecule has 1 heteroatoms. The van der Waals surface area contributed by atoms with Gasteiger partial charge in [0, 0.05) is 0 Å². The summed E-state index contributed by atoms with van der Waals surface area (Å²) >= 11 is 0. The van der Waals surface area contributed by atoms with E-state index in [-0.39, 0.29) is 0 Å². The minimum atomic E-state index is 0.940. The first-order chi connectivity index (χ1) is 4.47. The van der Waals surface area contributed by atoms with Crippen LogP contribution in [0.15, 0.2) is 11.3 Å². The molecule has 0 amide bonds. The molecule has 2 fully saturated rings. The zero-order valence-electron chi connectivity index (χ0n) is 5.65. The van der Waals surface area contributed by atoms with Gasteiger partial charge in [-0.05, 0) is 31.3 Å². The molecule has 2 aliphatic rings. The number of rotatable bonds is 0. The van der Waals surface area contributed by atoms with E-state index < -0.39 is 0 Å². The third kappa shape index (κ3) is 1.09. The van der Waals surface area contributed by atoms with Crippen LogP contribution in [-0.2, 0) is 4.74 Å². The Balaban J connectivity index is 2.02. The maximum atomic E-state index is 5.13. The number of hydrogen-bond donors (Lipinski definition) is 0. The van der Waals surface area contributed by atoms with Crippen molar-refractivity contribution in [3.63, 3.8) is 0 Å². The smallest absolute Gasteiger partial charge is 0.145 e. The summed E-state index contributed by atoms with van der Waals surface area (Å²) in [5.74, 6) is 1.31. The molecule has 2 rings (SSSR count). The van der Waals surface area contributed by atoms with E-state index in [1.165, 1.54) is 37.9 Å². The van der Waals surface area contributed by atoms with Gasteiger partial charge in [-0.25, -0.2) is 0 Å². The summed E-state index contributed by atoms with van der Waals surface area (Å²) in [6.45, 7) is 0.940. The van der Waals surface area contributed by atoms with Crippen LogP contribution in [0.5, 0.6) is 0 Å². The first-order valence-electron chi connectivity index (χ1n) is 3.80. The molecular weight excluding hydrogens is 112 g/mol. The zero-order valence-corrected chi connectivity index (χ0v) is 5.65. The molecule has 0 spiro atoms. The van der Waals surface area contributed by atoms with Crippen molar-refractivity contribution in [3.8, 4) is 0 Å². The third-order valence-electron chi connectivity index (χ3n) is 2.14. The third-order valence-corrected chi connectivity index (χ3v) is 2.14. The Morgan fingerprint density at radius 2 is 1.67 bits per heavy atom. The standard InChI is InChI=1S/C8H12O/c1-2-4-7(5-3-1)8-6-9-8/h1-6H2. The molecule has 0 aromatic heterocycles. The predicted molar refractivity (Wildman–Crippen MR) is 36.1 cm³/mol. The molecule has 1 aliphatic carbocycles. The summed E-state index contributed by atoms with van der Waals surface area (Å²) in [5, 5.41) is 0. The average molecular weight is 124 g/mol. The van der Waals surface area contributed by atoms with Crippen molar-refractivity contribution < 1.29 is 4.74 Å². The molecule has 0 N–H and O–H groups in total. The van der Waals surface area contributed by atoms with Gasteiger partial charge >= 0.3 is 0 Å². The minimum Gasteiger partial charge on any atom is -0.486 e. The first kappa shape index (κ1) is 5.33. The largest absolute Gasteiger partial charge is 0.486 e. The molecule has 1 heterocycles. The summed E-state index contributed by atoms with van der Waals surface area (Å²) < 4.78 is 5.13. The highest BCUT2D eigenvalue weighted by Gasteiger charge is 2.20. The van der Waals surface area contributed by atoms with E-state index in [1.54, 1.807) is 5.57 Å². The molecule has 0 bridgehead atoms. The molecule has 9 heavy (non-hydrogen) atoms. The SMILES string of the molecule is C1CCC(=C2CO2)CC1. The second kappa shape index (κ2) is 2.05. The Bertz CT molecular complexity index is 133. The molecule has 0 radical (unpaired) electrons. The van der Waals surface area contributed by atoms with Gasteiger partial charge in [0.1, 0.15) is 12.4 Å². The minimum absolute atomic E-state index is 0.940. The van der Waals surface area contributed by atoms with Gasteiger partial charge in [-0.2, -0.15) is 0 Å². The molecule has 1 saturated carbocycles. The van der Waals surface area contributed by atoms with Crippen LogP contribution < -0.4 is 0 Å². The lowest BCUT2D eigenvalue weighted by molar-refractivity contribution is 0.495. The van der Waals surface area contributed by atoms with Crippen LogP contribution in [0, 0.1) is 0 Å². The molecule has 1 nitrogen and oxygen atoms in total. The van der Waals surface area contributed by atoms with Gasteiger partial charge in [0.05, 0.1) is 0 Å². The van der Waals surface area contributed by atoms with Crippen LogP contribution in [0.4, 0.5) is 0 Å². The van der Waals surface area contributed by atoms with Crippen LogP contribution in [0.25, 0.3) is 0 Å². The van der Waals surface area contributed by atoms with Crippen LogP contribution in [0.3, 0.4) is 0 Å². The van der Waals surface area contributed by atoms with Crippen molar-refractivity contribution in [2.24, 2.45) is 0 Å². The molecule has 1 aliphatic heterocycles. The van der Waals surface area contributed by atoms with Crippen molar-refractivity contribution in [1.82, 2.24) is 0 Å². The summed E-state index contributed by atoms with van der Waals surface area (Å²) in [5.41, 5.74) is 1.61. The second-order valence-electron chi connectivity index (χ2n) is 2.88. The van der Waals surface area contributed by atoms with Gasteiger partial charge in [0.2, 0.25) is 0 Å². The highest BCUT2D eigenvalue weighted by atomic mass is 16.6. The molecule has 0 aromatic carbocycles. The highest BCUT2D eigenvalue weighted by molar-refractivity contribution is 5.17. The Hall–Kier alpha value is -0.460. The van der Waals surface area contributed by atoms with E-state index in [0.717, 1.165) is 6.61 Å². The van der Waals surface area contributed by atoms with Gasteiger partial charge in [-0.1, -0.05) is 6.42 Å². The van der Waals surface area contributed by atoms with E-state index in [1.807, 2.05) is 0 Å². The molecule has 0 atom stereocenters. The van der Waals surface area contributed by atoms with Gasteiger partial charge < -0.3 is 4.74 Å². The topological polar surface area (TPSA) is 12.5 Å². The second-order valence-corrected chi connectivity index (χ2v) is 2.88. The molecule has 0 unspecified atom stereocenters. The number of allylic oxidation sites excluding steroid dienone is 1. The number of ether oxygens (including phenoxy) is 1. The molecule has 0 aromatic rings. The maximum Gasteiger partial charge on any atom is 0.145 e. The maximum absolute atomic E-state index is 5.13. The highest BCUT2D eigenvalue weighted by Crippen LogP contribution is 2.31. The fourth-order valence-electron chi connectivity index (χ4n) is 1.50. The summed E-state index contributed by atoms with van der Waals surface area (Å²) in [4.78, 5) is 0. The van der Waals surface area contributed by atoms with Crippen molar-refractivity contribution in [2.45, 2.75) is 32.1 Å². The molecular formula is C8H12O. The van der Waals surface area contributed by atoms with Crippen molar-refractivity contribution in [3.05, 3.63) is 11.3 Å².